The molecule has 0 aromatic carbocycles. The van der Waals surface area contributed by atoms with Crippen LogP contribution in [0.15, 0.2) is 12.3 Å². The van der Waals surface area contributed by atoms with Crippen LogP contribution in [0.4, 0.5) is 0 Å². The monoisotopic (exact) mass is 183 g/mol. The third-order valence-corrected chi connectivity index (χ3v) is 1.99. The first-order chi connectivity index (χ1) is 6.43. The lowest BCUT2D eigenvalue weighted by atomic mass is 10.4. The van der Waals surface area contributed by atoms with Crippen LogP contribution in [0.5, 0.6) is 0 Å². The van der Waals surface area contributed by atoms with Crippen molar-refractivity contribution in [3.05, 3.63) is 12.3 Å². The van der Waals surface area contributed by atoms with Crippen molar-refractivity contribution in [1.29, 1.82) is 5.41 Å². The third-order valence-electron chi connectivity index (χ3n) is 1.99. The van der Waals surface area contributed by atoms with E-state index < -0.39 is 0 Å². The average molecular weight is 183 g/mol. The quantitative estimate of drug-likeness (QED) is 0.468. The van der Waals surface area contributed by atoms with Crippen LogP contribution >= 0.6 is 0 Å². The van der Waals surface area contributed by atoms with Crippen LogP contribution in [0.2, 0.25) is 0 Å². The first kappa shape index (κ1) is 10.2. The minimum absolute atomic E-state index is 0.857. The molecule has 2 N–H and O–H groups in total. The number of hydrogen-bond donors (Lipinski definition) is 2. The van der Waals surface area contributed by atoms with Crippen LogP contribution in [0, 0.1) is 5.41 Å². The van der Waals surface area contributed by atoms with Crippen molar-refractivity contribution in [2.75, 3.05) is 39.4 Å². The molecule has 4 nitrogen and oxygen atoms in total. The van der Waals surface area contributed by atoms with Crippen molar-refractivity contribution in [2.45, 2.75) is 0 Å². The molecular formula is C9H17N3O. The predicted molar refractivity (Wildman–Crippen MR) is 53.2 cm³/mol. The van der Waals surface area contributed by atoms with E-state index in [1.807, 2.05) is 0 Å². The number of nitrogens with one attached hydrogen (secondary N) is 2. The van der Waals surface area contributed by atoms with Crippen molar-refractivity contribution in [1.82, 2.24) is 10.2 Å². The van der Waals surface area contributed by atoms with Gasteiger partial charge in [0.25, 0.3) is 0 Å². The lowest BCUT2D eigenvalue weighted by Crippen LogP contribution is -2.39. The fraction of sp³-hybridized carbons (Fsp3) is 0.667. The van der Waals surface area contributed by atoms with Crippen molar-refractivity contribution < 1.29 is 4.74 Å². The standard InChI is InChI=1S/C9H17N3O/c10-2-1-3-11-4-5-12-6-8-13-9-7-12/h1-3,10-11H,4-9H2/b3-1-,10-2?. The Morgan fingerprint density at radius 1 is 1.38 bits per heavy atom. The lowest BCUT2D eigenvalue weighted by molar-refractivity contribution is 0.0388. The van der Waals surface area contributed by atoms with Gasteiger partial charge in [-0.15, -0.1) is 0 Å². The Balaban J connectivity index is 1.97. The van der Waals surface area contributed by atoms with Crippen LogP contribution in [0.25, 0.3) is 0 Å². The second-order valence-corrected chi connectivity index (χ2v) is 2.93. The maximum absolute atomic E-state index is 6.76. The molecule has 1 saturated heterocycles. The Kier molecular flexibility index (Phi) is 5.20. The third kappa shape index (κ3) is 4.65. The van der Waals surface area contributed by atoms with Crippen molar-refractivity contribution >= 4 is 6.21 Å². The zero-order valence-electron chi connectivity index (χ0n) is 7.83. The van der Waals surface area contributed by atoms with E-state index in [-0.39, 0.29) is 0 Å². The SMILES string of the molecule is N=C/C=C\NCCN1CCOCC1. The van der Waals surface area contributed by atoms with Crippen molar-refractivity contribution in [3.63, 3.8) is 0 Å². The molecule has 1 rings (SSSR count). The summed E-state index contributed by atoms with van der Waals surface area (Å²) in [4.78, 5) is 2.37. The molecule has 0 aliphatic carbocycles. The number of ether oxygens (including phenoxy) is 1. The molecule has 0 radical (unpaired) electrons. The number of rotatable bonds is 5. The van der Waals surface area contributed by atoms with Gasteiger partial charge in [0.2, 0.25) is 0 Å². The minimum atomic E-state index is 0.857. The maximum Gasteiger partial charge on any atom is 0.0594 e. The van der Waals surface area contributed by atoms with Crippen LogP contribution < -0.4 is 5.32 Å². The average Bonchev–Trinajstić information content (AvgIpc) is 2.19. The molecule has 0 bridgehead atoms. The zero-order chi connectivity index (χ0) is 9.36. The second kappa shape index (κ2) is 6.62. The van der Waals surface area contributed by atoms with Gasteiger partial charge in [0.05, 0.1) is 13.2 Å². The van der Waals surface area contributed by atoms with Gasteiger partial charge in [0.15, 0.2) is 0 Å². The van der Waals surface area contributed by atoms with Crippen molar-refractivity contribution in [2.24, 2.45) is 0 Å². The molecule has 1 aliphatic rings. The van der Waals surface area contributed by atoms with Gasteiger partial charge in [-0.1, -0.05) is 0 Å². The van der Waals surface area contributed by atoms with E-state index in [4.69, 9.17) is 10.1 Å². The van der Waals surface area contributed by atoms with Gasteiger partial charge in [-0.05, 0) is 12.3 Å². The highest BCUT2D eigenvalue weighted by Gasteiger charge is 2.08. The van der Waals surface area contributed by atoms with E-state index >= 15 is 0 Å². The summed E-state index contributed by atoms with van der Waals surface area (Å²) in [5.41, 5.74) is 0. The normalized spacial score (nSPS) is 19.1. The molecule has 1 aliphatic heterocycles. The van der Waals surface area contributed by atoms with Crippen LogP contribution in [-0.4, -0.2) is 50.5 Å². The van der Waals surface area contributed by atoms with Gasteiger partial charge >= 0.3 is 0 Å². The van der Waals surface area contributed by atoms with Gasteiger partial charge in [-0.3, -0.25) is 4.90 Å². The van der Waals surface area contributed by atoms with Crippen LogP contribution in [-0.2, 0) is 4.74 Å². The molecule has 0 atom stereocenters. The molecule has 0 aromatic rings. The number of nitrogens with zero attached hydrogens (tertiary/aromatic N) is 1. The number of hydrogen-bond acceptors (Lipinski definition) is 4. The lowest BCUT2D eigenvalue weighted by Gasteiger charge is -2.26. The summed E-state index contributed by atoms with van der Waals surface area (Å²) in [7, 11) is 0. The largest absolute Gasteiger partial charge is 0.390 e. The summed E-state index contributed by atoms with van der Waals surface area (Å²) >= 11 is 0. The maximum atomic E-state index is 6.76. The first-order valence-corrected chi connectivity index (χ1v) is 4.62. The highest BCUT2D eigenvalue weighted by Crippen LogP contribution is 1.94. The summed E-state index contributed by atoms with van der Waals surface area (Å²) < 4.78 is 5.24. The molecule has 4 heteroatoms. The molecule has 1 heterocycles. The Morgan fingerprint density at radius 2 is 2.15 bits per heavy atom. The van der Waals surface area contributed by atoms with E-state index in [9.17, 15) is 0 Å². The van der Waals surface area contributed by atoms with Gasteiger partial charge < -0.3 is 15.5 Å². The van der Waals surface area contributed by atoms with Gasteiger partial charge in [0, 0.05) is 32.4 Å². The van der Waals surface area contributed by atoms with Gasteiger partial charge in [0.1, 0.15) is 0 Å². The highest BCUT2D eigenvalue weighted by molar-refractivity contribution is 5.67. The van der Waals surface area contributed by atoms with Gasteiger partial charge in [-0.25, -0.2) is 0 Å². The van der Waals surface area contributed by atoms with E-state index in [0.29, 0.717) is 0 Å². The molecule has 0 spiro atoms. The smallest absolute Gasteiger partial charge is 0.0594 e. The van der Waals surface area contributed by atoms with Gasteiger partial charge in [-0.2, -0.15) is 0 Å². The predicted octanol–water partition coefficient (Wildman–Crippen LogP) is 0.0715. The Bertz CT molecular complexity index is 164. The Morgan fingerprint density at radius 3 is 2.85 bits per heavy atom. The molecule has 0 aromatic heterocycles. The first-order valence-electron chi connectivity index (χ1n) is 4.62. The van der Waals surface area contributed by atoms with Crippen LogP contribution in [0.1, 0.15) is 0 Å². The molecule has 1 fully saturated rings. The highest BCUT2D eigenvalue weighted by atomic mass is 16.5. The van der Waals surface area contributed by atoms with E-state index in [0.717, 1.165) is 39.4 Å². The van der Waals surface area contributed by atoms with E-state index in [2.05, 4.69) is 10.2 Å². The Hall–Kier alpha value is -0.870. The van der Waals surface area contributed by atoms with E-state index in [1.165, 1.54) is 6.21 Å². The molecule has 0 amide bonds. The summed E-state index contributed by atoms with van der Waals surface area (Å²) in [6.07, 6.45) is 4.74. The van der Waals surface area contributed by atoms with E-state index in [1.54, 1.807) is 12.3 Å². The minimum Gasteiger partial charge on any atom is -0.390 e. The molecule has 13 heavy (non-hydrogen) atoms. The molecular weight excluding hydrogens is 166 g/mol. The second-order valence-electron chi connectivity index (χ2n) is 2.93. The Labute approximate surface area is 79.1 Å². The fourth-order valence-corrected chi connectivity index (χ4v) is 1.25. The summed E-state index contributed by atoms with van der Waals surface area (Å²) in [5.74, 6) is 0. The summed E-state index contributed by atoms with van der Waals surface area (Å²) in [6.45, 7) is 5.77. The zero-order valence-corrected chi connectivity index (χ0v) is 7.83. The fourth-order valence-electron chi connectivity index (χ4n) is 1.25. The molecule has 74 valence electrons. The summed E-state index contributed by atoms with van der Waals surface area (Å²) in [6, 6.07) is 0. The molecule has 0 unspecified atom stereocenters. The number of allylic oxidation sites excluding steroid dienone is 1. The van der Waals surface area contributed by atoms with Crippen molar-refractivity contribution in [3.8, 4) is 0 Å². The summed E-state index contributed by atoms with van der Waals surface area (Å²) in [5, 5.41) is 9.87. The number of morpholine rings is 1. The topological polar surface area (TPSA) is 48.4 Å². The van der Waals surface area contributed by atoms with Crippen LogP contribution in [0.3, 0.4) is 0 Å². The molecule has 0 saturated carbocycles.